The molecule has 0 aliphatic carbocycles. The fourth-order valence-corrected chi connectivity index (χ4v) is 1.11. The number of hydrogen-bond donors (Lipinski definition) is 0. The summed E-state index contributed by atoms with van der Waals surface area (Å²) in [6.45, 7) is 3.06. The zero-order valence-corrected chi connectivity index (χ0v) is 8.43. The van der Waals surface area contributed by atoms with Gasteiger partial charge in [0.2, 0.25) is 0 Å². The smallest absolute Gasteiger partial charge is 0.161 e. The molecule has 0 bridgehead atoms. The molecule has 0 radical (unpaired) electrons. The minimum Gasteiger partial charge on any atom is -0.300 e. The van der Waals surface area contributed by atoms with Crippen LogP contribution in [0.5, 0.6) is 0 Å². The quantitative estimate of drug-likeness (QED) is 0.661. The second kappa shape index (κ2) is 5.52. The predicted octanol–water partition coefficient (Wildman–Crippen LogP) is 3.05. The number of Topliss-reactive ketones (excluding diaryl/α,β-unsaturated/α-hetero) is 1. The first kappa shape index (κ1) is 10.9. The van der Waals surface area contributed by atoms with Gasteiger partial charge < -0.3 is 4.79 Å². The Balaban J connectivity index is 0.000000218. The molecule has 0 aromatic carbocycles. The number of hydrogen-bond acceptors (Lipinski definition) is 3. The molecule has 11 heavy (non-hydrogen) atoms. The molecular weight excluding hydrogens is 205 g/mol. The maximum absolute atomic E-state index is 9.44. The molecule has 0 unspecified atom stereocenters. The SMILES string of the molecule is CC(C)=O.Clc1csnc1Cl. The lowest BCUT2D eigenvalue weighted by molar-refractivity contribution is -0.114. The van der Waals surface area contributed by atoms with Crippen LogP contribution in [0.4, 0.5) is 0 Å². The third-order valence-corrected chi connectivity index (χ3v) is 2.02. The average Bonchev–Trinajstić information content (AvgIpc) is 2.15. The van der Waals surface area contributed by atoms with Gasteiger partial charge in [-0.1, -0.05) is 23.2 Å². The van der Waals surface area contributed by atoms with Gasteiger partial charge >= 0.3 is 0 Å². The number of carbonyl (C=O) groups is 1. The molecule has 0 spiro atoms. The molecule has 1 aromatic rings. The summed E-state index contributed by atoms with van der Waals surface area (Å²) in [4.78, 5) is 9.44. The van der Waals surface area contributed by atoms with E-state index < -0.39 is 0 Å². The highest BCUT2D eigenvalue weighted by Gasteiger charge is 1.94. The van der Waals surface area contributed by atoms with E-state index in [1.807, 2.05) is 0 Å². The van der Waals surface area contributed by atoms with Gasteiger partial charge in [0, 0.05) is 5.38 Å². The summed E-state index contributed by atoms with van der Waals surface area (Å²) in [7, 11) is 0. The lowest BCUT2D eigenvalue weighted by Crippen LogP contribution is -1.69. The standard InChI is InChI=1S/C3HCl2NS.C3H6O/c4-2-1-7-6-3(2)5;1-3(2)4/h1H;1-2H3. The number of halogens is 2. The van der Waals surface area contributed by atoms with Gasteiger partial charge in [-0.15, -0.1) is 0 Å². The van der Waals surface area contributed by atoms with Crippen LogP contribution in [0.1, 0.15) is 13.8 Å². The van der Waals surface area contributed by atoms with E-state index in [9.17, 15) is 4.79 Å². The Bertz CT molecular complexity index is 216. The molecule has 0 atom stereocenters. The first-order valence-electron chi connectivity index (χ1n) is 2.76. The number of nitrogens with zero attached hydrogens (tertiary/aromatic N) is 1. The van der Waals surface area contributed by atoms with E-state index in [0.717, 1.165) is 0 Å². The van der Waals surface area contributed by atoms with Gasteiger partial charge in [-0.05, 0) is 25.4 Å². The van der Waals surface area contributed by atoms with Crippen molar-refractivity contribution in [2.75, 3.05) is 0 Å². The lowest BCUT2D eigenvalue weighted by Gasteiger charge is -1.71. The predicted molar refractivity (Wildman–Crippen MR) is 48.5 cm³/mol. The molecule has 5 heteroatoms. The van der Waals surface area contributed by atoms with Crippen LogP contribution in [0.3, 0.4) is 0 Å². The first-order chi connectivity index (χ1) is 5.04. The van der Waals surface area contributed by atoms with E-state index in [-0.39, 0.29) is 5.78 Å². The van der Waals surface area contributed by atoms with Crippen LogP contribution in [-0.4, -0.2) is 10.2 Å². The summed E-state index contributed by atoms with van der Waals surface area (Å²) in [5.74, 6) is 0.167. The van der Waals surface area contributed by atoms with Gasteiger partial charge in [-0.25, -0.2) is 0 Å². The molecule has 62 valence electrons. The number of ketones is 1. The van der Waals surface area contributed by atoms with Crippen LogP contribution in [0.2, 0.25) is 10.2 Å². The third-order valence-electron chi connectivity index (χ3n) is 0.486. The number of carbonyl (C=O) groups excluding carboxylic acids is 1. The lowest BCUT2D eigenvalue weighted by atomic mass is 10.6. The zero-order valence-electron chi connectivity index (χ0n) is 6.10. The van der Waals surface area contributed by atoms with Crippen LogP contribution in [0.25, 0.3) is 0 Å². The summed E-state index contributed by atoms with van der Waals surface area (Å²) >= 11 is 12.1. The van der Waals surface area contributed by atoms with E-state index in [4.69, 9.17) is 23.2 Å². The van der Waals surface area contributed by atoms with Crippen molar-refractivity contribution >= 4 is 40.5 Å². The van der Waals surface area contributed by atoms with Crippen LogP contribution >= 0.6 is 34.7 Å². The number of aromatic nitrogens is 1. The summed E-state index contributed by atoms with van der Waals surface area (Å²) in [6.07, 6.45) is 0. The molecule has 0 amide bonds. The van der Waals surface area contributed by atoms with Gasteiger partial charge in [0.25, 0.3) is 0 Å². The fourth-order valence-electron chi connectivity index (χ4n) is 0.211. The topological polar surface area (TPSA) is 30.0 Å². The normalized spacial score (nSPS) is 8.36. The van der Waals surface area contributed by atoms with Crippen molar-refractivity contribution in [2.24, 2.45) is 0 Å². The average molecular weight is 212 g/mol. The summed E-state index contributed by atoms with van der Waals surface area (Å²) < 4.78 is 3.69. The molecular formula is C6H7Cl2NOS. The van der Waals surface area contributed by atoms with E-state index in [0.29, 0.717) is 10.2 Å². The largest absolute Gasteiger partial charge is 0.300 e. The van der Waals surface area contributed by atoms with E-state index >= 15 is 0 Å². The van der Waals surface area contributed by atoms with Crippen LogP contribution in [-0.2, 0) is 4.79 Å². The van der Waals surface area contributed by atoms with Crippen molar-refractivity contribution in [3.8, 4) is 0 Å². The molecule has 0 aliphatic rings. The van der Waals surface area contributed by atoms with Crippen LogP contribution < -0.4 is 0 Å². The van der Waals surface area contributed by atoms with E-state index in [2.05, 4.69) is 4.37 Å². The molecule has 0 saturated carbocycles. The van der Waals surface area contributed by atoms with Crippen molar-refractivity contribution in [3.63, 3.8) is 0 Å². The third kappa shape index (κ3) is 6.28. The van der Waals surface area contributed by atoms with Crippen molar-refractivity contribution < 1.29 is 4.79 Å². The molecule has 0 N–H and O–H groups in total. The molecule has 0 aliphatic heterocycles. The highest BCUT2D eigenvalue weighted by molar-refractivity contribution is 7.04. The second-order valence-corrected chi connectivity index (χ2v) is 3.26. The summed E-state index contributed by atoms with van der Waals surface area (Å²) in [6, 6.07) is 0. The maximum Gasteiger partial charge on any atom is 0.161 e. The van der Waals surface area contributed by atoms with Gasteiger partial charge in [0.1, 0.15) is 5.78 Å². The Morgan fingerprint density at radius 1 is 1.55 bits per heavy atom. The molecule has 1 heterocycles. The van der Waals surface area contributed by atoms with Gasteiger partial charge in [-0.3, -0.25) is 0 Å². The van der Waals surface area contributed by atoms with Gasteiger partial charge in [0.05, 0.1) is 5.02 Å². The highest BCUT2D eigenvalue weighted by atomic mass is 35.5. The summed E-state index contributed by atoms with van der Waals surface area (Å²) in [5.41, 5.74) is 0. The zero-order chi connectivity index (χ0) is 8.85. The van der Waals surface area contributed by atoms with Crippen molar-refractivity contribution in [1.29, 1.82) is 0 Å². The fraction of sp³-hybridized carbons (Fsp3) is 0.333. The van der Waals surface area contributed by atoms with Crippen molar-refractivity contribution in [2.45, 2.75) is 13.8 Å². The Morgan fingerprint density at radius 3 is 2.09 bits per heavy atom. The first-order valence-corrected chi connectivity index (χ1v) is 4.36. The Labute approximate surface area is 79.3 Å². The van der Waals surface area contributed by atoms with Gasteiger partial charge in [-0.2, -0.15) is 4.37 Å². The maximum atomic E-state index is 9.44. The van der Waals surface area contributed by atoms with Crippen molar-refractivity contribution in [1.82, 2.24) is 4.37 Å². The molecule has 0 fully saturated rings. The van der Waals surface area contributed by atoms with Gasteiger partial charge in [0.15, 0.2) is 5.15 Å². The van der Waals surface area contributed by atoms with E-state index in [1.165, 1.54) is 25.4 Å². The molecule has 0 saturated heterocycles. The molecule has 1 aromatic heterocycles. The van der Waals surface area contributed by atoms with E-state index in [1.54, 1.807) is 5.38 Å². The summed E-state index contributed by atoms with van der Waals surface area (Å²) in [5, 5.41) is 2.61. The molecule has 2 nitrogen and oxygen atoms in total. The Kier molecular flexibility index (Phi) is 5.46. The Hall–Kier alpha value is -0.120. The highest BCUT2D eigenvalue weighted by Crippen LogP contribution is 2.20. The monoisotopic (exact) mass is 211 g/mol. The van der Waals surface area contributed by atoms with Crippen molar-refractivity contribution in [3.05, 3.63) is 15.6 Å². The Morgan fingerprint density at radius 2 is 2.00 bits per heavy atom. The number of rotatable bonds is 0. The minimum absolute atomic E-state index is 0.167. The van der Waals surface area contributed by atoms with Crippen LogP contribution in [0, 0.1) is 0 Å². The van der Waals surface area contributed by atoms with Crippen LogP contribution in [0.15, 0.2) is 5.38 Å². The second-order valence-electron chi connectivity index (χ2n) is 1.86. The minimum atomic E-state index is 0.167. The molecule has 1 rings (SSSR count).